The molecule has 0 aliphatic rings. The van der Waals surface area contributed by atoms with E-state index in [1.165, 1.54) is 12.8 Å². The topological polar surface area (TPSA) is 47.3 Å². The van der Waals surface area contributed by atoms with E-state index in [0.717, 1.165) is 19.5 Å². The van der Waals surface area contributed by atoms with Crippen molar-refractivity contribution in [1.29, 1.82) is 0 Å². The smallest absolute Gasteiger partial charge is 0.0691 e. The van der Waals surface area contributed by atoms with Crippen molar-refractivity contribution < 1.29 is 4.84 Å². The predicted molar refractivity (Wildman–Crippen MR) is 42.5 cm³/mol. The average Bonchev–Trinajstić information content (AvgIpc) is 1.97. The van der Waals surface area contributed by atoms with Gasteiger partial charge >= 0.3 is 0 Å². The van der Waals surface area contributed by atoms with Crippen LogP contribution in [0.3, 0.4) is 0 Å². The molecule has 0 unspecified atom stereocenters. The lowest BCUT2D eigenvalue weighted by Crippen LogP contribution is -2.18. The zero-order valence-corrected chi connectivity index (χ0v) is 6.73. The highest BCUT2D eigenvalue weighted by atomic mass is 16.6. The molecule has 0 aliphatic carbocycles. The zero-order chi connectivity index (χ0) is 7.66. The van der Waals surface area contributed by atoms with Gasteiger partial charge in [-0.2, -0.15) is 0 Å². The number of nitrogens with one attached hydrogen (secondary N) is 1. The van der Waals surface area contributed by atoms with Gasteiger partial charge in [0.15, 0.2) is 0 Å². The lowest BCUT2D eigenvalue weighted by Gasteiger charge is -2.01. The molecule has 62 valence electrons. The maximum Gasteiger partial charge on any atom is 0.0691 e. The summed E-state index contributed by atoms with van der Waals surface area (Å²) in [6.45, 7) is 4.96. The molecule has 0 atom stereocenters. The molecular formula is C7H18N2O. The minimum absolute atomic E-state index is 0.652. The molecule has 3 N–H and O–H groups in total. The van der Waals surface area contributed by atoms with E-state index in [4.69, 9.17) is 5.90 Å². The van der Waals surface area contributed by atoms with Crippen LogP contribution in [0.1, 0.15) is 26.2 Å². The van der Waals surface area contributed by atoms with Crippen LogP contribution in [-0.4, -0.2) is 19.7 Å². The highest BCUT2D eigenvalue weighted by molar-refractivity contribution is 4.45. The second-order valence-corrected chi connectivity index (χ2v) is 2.33. The first kappa shape index (κ1) is 9.88. The van der Waals surface area contributed by atoms with Gasteiger partial charge < -0.3 is 10.2 Å². The van der Waals surface area contributed by atoms with Crippen LogP contribution < -0.4 is 11.2 Å². The number of nitrogens with two attached hydrogens (primary N) is 1. The van der Waals surface area contributed by atoms with Crippen molar-refractivity contribution >= 4 is 0 Å². The molecule has 3 nitrogen and oxygen atoms in total. The maximum atomic E-state index is 4.84. The summed E-state index contributed by atoms with van der Waals surface area (Å²) in [7, 11) is 0. The Morgan fingerprint density at radius 1 is 1.30 bits per heavy atom. The standard InChI is InChI=1S/C7H18N2O/c1-2-3-5-9-6-4-7-10-8/h9H,2-8H2,1H3. The lowest BCUT2D eigenvalue weighted by atomic mass is 10.3. The zero-order valence-electron chi connectivity index (χ0n) is 6.73. The van der Waals surface area contributed by atoms with Gasteiger partial charge in [-0.05, 0) is 25.9 Å². The molecule has 0 aromatic carbocycles. The van der Waals surface area contributed by atoms with Gasteiger partial charge in [0, 0.05) is 0 Å². The van der Waals surface area contributed by atoms with Crippen LogP contribution in [-0.2, 0) is 4.84 Å². The highest BCUT2D eigenvalue weighted by Crippen LogP contribution is 1.82. The molecule has 0 aromatic heterocycles. The summed E-state index contributed by atoms with van der Waals surface area (Å²) < 4.78 is 0. The monoisotopic (exact) mass is 146 g/mol. The van der Waals surface area contributed by atoms with E-state index >= 15 is 0 Å². The Labute approximate surface area is 62.9 Å². The summed E-state index contributed by atoms with van der Waals surface area (Å²) in [5, 5.41) is 3.29. The van der Waals surface area contributed by atoms with E-state index in [-0.39, 0.29) is 0 Å². The van der Waals surface area contributed by atoms with Crippen molar-refractivity contribution in [2.75, 3.05) is 19.7 Å². The second kappa shape index (κ2) is 8.88. The first-order valence-corrected chi connectivity index (χ1v) is 3.94. The second-order valence-electron chi connectivity index (χ2n) is 2.33. The molecule has 0 bridgehead atoms. The van der Waals surface area contributed by atoms with E-state index in [9.17, 15) is 0 Å². The first-order chi connectivity index (χ1) is 4.91. The minimum atomic E-state index is 0.652. The van der Waals surface area contributed by atoms with Crippen LogP contribution in [0, 0.1) is 0 Å². The molecular weight excluding hydrogens is 128 g/mol. The summed E-state index contributed by atoms with van der Waals surface area (Å²) >= 11 is 0. The van der Waals surface area contributed by atoms with Crippen LogP contribution in [0.4, 0.5) is 0 Å². The molecule has 0 radical (unpaired) electrons. The molecule has 3 heteroatoms. The van der Waals surface area contributed by atoms with Gasteiger partial charge in [-0.3, -0.25) is 0 Å². The van der Waals surface area contributed by atoms with Gasteiger partial charge in [-0.25, -0.2) is 5.90 Å². The molecule has 0 fully saturated rings. The molecule has 0 saturated carbocycles. The van der Waals surface area contributed by atoms with Crippen LogP contribution in [0.25, 0.3) is 0 Å². The van der Waals surface area contributed by atoms with Gasteiger partial charge in [0.1, 0.15) is 0 Å². The number of rotatable bonds is 7. The SMILES string of the molecule is CCCCNCCCON. The third-order valence-corrected chi connectivity index (χ3v) is 1.32. The van der Waals surface area contributed by atoms with E-state index in [1.54, 1.807) is 0 Å². The average molecular weight is 146 g/mol. The van der Waals surface area contributed by atoms with Gasteiger partial charge in [0.2, 0.25) is 0 Å². The van der Waals surface area contributed by atoms with E-state index in [1.807, 2.05) is 0 Å². The van der Waals surface area contributed by atoms with Crippen LogP contribution >= 0.6 is 0 Å². The first-order valence-electron chi connectivity index (χ1n) is 3.94. The van der Waals surface area contributed by atoms with Gasteiger partial charge in [-0.15, -0.1) is 0 Å². The fraction of sp³-hybridized carbons (Fsp3) is 1.00. The fourth-order valence-electron chi connectivity index (χ4n) is 0.707. The Kier molecular flexibility index (Phi) is 8.77. The van der Waals surface area contributed by atoms with Crippen LogP contribution in [0.15, 0.2) is 0 Å². The van der Waals surface area contributed by atoms with Crippen molar-refractivity contribution in [2.24, 2.45) is 5.90 Å². The molecule has 10 heavy (non-hydrogen) atoms. The molecule has 0 aliphatic heterocycles. The molecule has 0 amide bonds. The number of unbranched alkanes of at least 4 members (excludes halogenated alkanes) is 1. The number of hydrogen-bond acceptors (Lipinski definition) is 3. The largest absolute Gasteiger partial charge is 0.317 e. The quantitative estimate of drug-likeness (QED) is 0.409. The summed E-state index contributed by atoms with van der Waals surface area (Å²) in [6.07, 6.45) is 3.50. The summed E-state index contributed by atoms with van der Waals surface area (Å²) in [4.78, 5) is 4.41. The highest BCUT2D eigenvalue weighted by Gasteiger charge is 1.85. The van der Waals surface area contributed by atoms with E-state index in [0.29, 0.717) is 6.61 Å². The van der Waals surface area contributed by atoms with Crippen LogP contribution in [0.2, 0.25) is 0 Å². The maximum absolute atomic E-state index is 4.84. The van der Waals surface area contributed by atoms with Gasteiger partial charge in [0.25, 0.3) is 0 Å². The normalized spacial score (nSPS) is 10.2. The fourth-order valence-corrected chi connectivity index (χ4v) is 0.707. The lowest BCUT2D eigenvalue weighted by molar-refractivity contribution is 0.135. The third kappa shape index (κ3) is 7.88. The third-order valence-electron chi connectivity index (χ3n) is 1.32. The van der Waals surface area contributed by atoms with Crippen LogP contribution in [0.5, 0.6) is 0 Å². The molecule has 0 saturated heterocycles. The van der Waals surface area contributed by atoms with Crippen molar-refractivity contribution in [2.45, 2.75) is 26.2 Å². The molecule has 0 rings (SSSR count). The number of hydrogen-bond donors (Lipinski definition) is 2. The van der Waals surface area contributed by atoms with Gasteiger partial charge in [0.05, 0.1) is 6.61 Å². The Hall–Kier alpha value is -0.120. The van der Waals surface area contributed by atoms with Gasteiger partial charge in [-0.1, -0.05) is 13.3 Å². The summed E-state index contributed by atoms with van der Waals surface area (Å²) in [6, 6.07) is 0. The Morgan fingerprint density at radius 3 is 2.60 bits per heavy atom. The Balaban J connectivity index is 2.65. The van der Waals surface area contributed by atoms with Crippen molar-refractivity contribution in [3.05, 3.63) is 0 Å². The molecule has 0 heterocycles. The Bertz CT molecular complexity index is 51.6. The molecule has 0 spiro atoms. The summed E-state index contributed by atoms with van der Waals surface area (Å²) in [5.74, 6) is 4.84. The van der Waals surface area contributed by atoms with E-state index < -0.39 is 0 Å². The Morgan fingerprint density at radius 2 is 2.00 bits per heavy atom. The van der Waals surface area contributed by atoms with Crippen molar-refractivity contribution in [3.8, 4) is 0 Å². The van der Waals surface area contributed by atoms with Crippen molar-refractivity contribution in [3.63, 3.8) is 0 Å². The predicted octanol–water partition coefficient (Wildman–Crippen LogP) is 0.656. The minimum Gasteiger partial charge on any atom is -0.317 e. The molecule has 0 aromatic rings. The summed E-state index contributed by atoms with van der Waals surface area (Å²) in [5.41, 5.74) is 0. The van der Waals surface area contributed by atoms with E-state index in [2.05, 4.69) is 17.1 Å². The van der Waals surface area contributed by atoms with Crippen molar-refractivity contribution in [1.82, 2.24) is 5.32 Å².